The standard InChI is InChI=1S/C13H25NO4/c1-11(2,18-7)8-9(15)14-13(5,6)12(3,4)10(16)17/h8H2,1-7H3,(H,14,15)(H,16,17). The zero-order valence-electron chi connectivity index (χ0n) is 12.4. The third-order valence-corrected chi connectivity index (χ3v) is 3.69. The Morgan fingerprint density at radius 2 is 1.56 bits per heavy atom. The molecule has 1 amide bonds. The molecule has 0 aromatic carbocycles. The number of hydrogen-bond donors (Lipinski definition) is 2. The molecule has 0 radical (unpaired) electrons. The minimum atomic E-state index is -1.06. The zero-order valence-corrected chi connectivity index (χ0v) is 12.4. The van der Waals surface area contributed by atoms with E-state index in [2.05, 4.69) is 5.32 Å². The van der Waals surface area contributed by atoms with Crippen LogP contribution in [-0.2, 0) is 14.3 Å². The van der Waals surface area contributed by atoms with E-state index < -0.39 is 22.5 Å². The largest absolute Gasteiger partial charge is 0.481 e. The molecule has 0 spiro atoms. The molecule has 106 valence electrons. The van der Waals surface area contributed by atoms with E-state index in [1.54, 1.807) is 34.8 Å². The quantitative estimate of drug-likeness (QED) is 0.762. The smallest absolute Gasteiger partial charge is 0.311 e. The predicted molar refractivity (Wildman–Crippen MR) is 69.3 cm³/mol. The van der Waals surface area contributed by atoms with Crippen molar-refractivity contribution in [2.45, 2.75) is 59.1 Å². The minimum Gasteiger partial charge on any atom is -0.481 e. The normalized spacial score (nSPS) is 13.3. The molecule has 0 saturated carbocycles. The highest BCUT2D eigenvalue weighted by Gasteiger charge is 2.44. The SMILES string of the molecule is COC(C)(C)CC(=O)NC(C)(C)C(C)(C)C(=O)O. The van der Waals surface area contributed by atoms with Gasteiger partial charge in [0.25, 0.3) is 0 Å². The van der Waals surface area contributed by atoms with Gasteiger partial charge in [0.05, 0.1) is 17.4 Å². The van der Waals surface area contributed by atoms with Crippen LogP contribution in [0.3, 0.4) is 0 Å². The number of rotatable bonds is 6. The van der Waals surface area contributed by atoms with Crippen LogP contribution in [0.5, 0.6) is 0 Å². The number of carbonyl (C=O) groups is 2. The van der Waals surface area contributed by atoms with E-state index in [0.29, 0.717) is 0 Å². The zero-order chi connectivity index (χ0) is 14.8. The molecule has 2 N–H and O–H groups in total. The molecule has 5 heteroatoms. The summed E-state index contributed by atoms with van der Waals surface area (Å²) >= 11 is 0. The molecule has 0 rings (SSSR count). The maximum atomic E-state index is 11.9. The summed E-state index contributed by atoms with van der Waals surface area (Å²) in [6.45, 7) is 10.2. The van der Waals surface area contributed by atoms with Crippen molar-refractivity contribution in [3.63, 3.8) is 0 Å². The number of carboxylic acids is 1. The molecular weight excluding hydrogens is 234 g/mol. The van der Waals surface area contributed by atoms with Crippen molar-refractivity contribution in [3.8, 4) is 0 Å². The molecule has 0 saturated heterocycles. The van der Waals surface area contributed by atoms with Crippen molar-refractivity contribution in [1.29, 1.82) is 0 Å². The van der Waals surface area contributed by atoms with Gasteiger partial charge in [-0.3, -0.25) is 9.59 Å². The Bertz CT molecular complexity index is 332. The highest BCUT2D eigenvalue weighted by molar-refractivity contribution is 5.81. The van der Waals surface area contributed by atoms with E-state index in [1.807, 2.05) is 13.8 Å². The van der Waals surface area contributed by atoms with Gasteiger partial charge in [0.1, 0.15) is 0 Å². The van der Waals surface area contributed by atoms with Crippen molar-refractivity contribution in [3.05, 3.63) is 0 Å². The summed E-state index contributed by atoms with van der Waals surface area (Å²) in [6.07, 6.45) is 0.183. The van der Waals surface area contributed by atoms with Crippen LogP contribution in [0, 0.1) is 5.41 Å². The third kappa shape index (κ3) is 3.98. The van der Waals surface area contributed by atoms with Crippen LogP contribution in [0.2, 0.25) is 0 Å². The second-order valence-corrected chi connectivity index (χ2v) is 6.24. The lowest BCUT2D eigenvalue weighted by molar-refractivity contribution is -0.152. The summed E-state index contributed by atoms with van der Waals surface area (Å²) in [5.74, 6) is -1.17. The fraction of sp³-hybridized carbons (Fsp3) is 0.846. The fourth-order valence-electron chi connectivity index (χ4n) is 1.28. The van der Waals surface area contributed by atoms with Gasteiger partial charge in [-0.05, 0) is 41.5 Å². The molecule has 0 aliphatic heterocycles. The number of ether oxygens (including phenoxy) is 1. The van der Waals surface area contributed by atoms with Crippen LogP contribution in [0.15, 0.2) is 0 Å². The van der Waals surface area contributed by atoms with Gasteiger partial charge in [0.2, 0.25) is 5.91 Å². The molecular formula is C13H25NO4. The van der Waals surface area contributed by atoms with E-state index in [9.17, 15) is 14.7 Å². The van der Waals surface area contributed by atoms with Crippen LogP contribution >= 0.6 is 0 Å². The van der Waals surface area contributed by atoms with Gasteiger partial charge in [-0.25, -0.2) is 0 Å². The van der Waals surface area contributed by atoms with Crippen molar-refractivity contribution in [2.24, 2.45) is 5.41 Å². The van der Waals surface area contributed by atoms with Gasteiger partial charge in [-0.1, -0.05) is 0 Å². The lowest BCUT2D eigenvalue weighted by Gasteiger charge is -2.39. The van der Waals surface area contributed by atoms with E-state index in [1.165, 1.54) is 0 Å². The molecule has 0 fully saturated rings. The highest BCUT2D eigenvalue weighted by atomic mass is 16.5. The molecule has 0 aliphatic carbocycles. The first-order valence-electron chi connectivity index (χ1n) is 5.95. The second kappa shape index (κ2) is 5.26. The summed E-state index contributed by atoms with van der Waals surface area (Å²) in [4.78, 5) is 23.1. The Morgan fingerprint density at radius 3 is 1.89 bits per heavy atom. The Morgan fingerprint density at radius 1 is 1.11 bits per heavy atom. The Balaban J connectivity index is 4.80. The van der Waals surface area contributed by atoms with Crippen LogP contribution in [0.1, 0.15) is 48.0 Å². The molecule has 0 aliphatic rings. The lowest BCUT2D eigenvalue weighted by Crippen LogP contribution is -2.57. The van der Waals surface area contributed by atoms with Gasteiger partial charge in [0.15, 0.2) is 0 Å². The van der Waals surface area contributed by atoms with Crippen molar-refractivity contribution in [1.82, 2.24) is 5.32 Å². The van der Waals surface area contributed by atoms with Gasteiger partial charge in [-0.2, -0.15) is 0 Å². The Hall–Kier alpha value is -1.10. The monoisotopic (exact) mass is 259 g/mol. The molecule has 0 unspecified atom stereocenters. The highest BCUT2D eigenvalue weighted by Crippen LogP contribution is 2.31. The molecule has 0 atom stereocenters. The second-order valence-electron chi connectivity index (χ2n) is 6.24. The molecule has 0 aromatic heterocycles. The topological polar surface area (TPSA) is 75.6 Å². The van der Waals surface area contributed by atoms with Crippen LogP contribution in [0.25, 0.3) is 0 Å². The van der Waals surface area contributed by atoms with Crippen molar-refractivity contribution < 1.29 is 19.4 Å². The van der Waals surface area contributed by atoms with Gasteiger partial charge in [-0.15, -0.1) is 0 Å². The minimum absolute atomic E-state index is 0.183. The first kappa shape index (κ1) is 16.9. The lowest BCUT2D eigenvalue weighted by atomic mass is 9.74. The third-order valence-electron chi connectivity index (χ3n) is 3.69. The number of aliphatic carboxylic acids is 1. The number of carboxylic acid groups (broad SMARTS) is 1. The molecule has 18 heavy (non-hydrogen) atoms. The van der Waals surface area contributed by atoms with Crippen molar-refractivity contribution in [2.75, 3.05) is 7.11 Å². The number of methoxy groups -OCH3 is 1. The van der Waals surface area contributed by atoms with Crippen molar-refractivity contribution >= 4 is 11.9 Å². The van der Waals surface area contributed by atoms with Crippen LogP contribution in [-0.4, -0.2) is 35.2 Å². The number of nitrogens with one attached hydrogen (secondary N) is 1. The molecule has 0 heterocycles. The number of carbonyl (C=O) groups excluding carboxylic acids is 1. The summed E-state index contributed by atoms with van der Waals surface area (Å²) in [6, 6.07) is 0. The summed E-state index contributed by atoms with van der Waals surface area (Å²) in [7, 11) is 1.54. The number of hydrogen-bond acceptors (Lipinski definition) is 3. The van der Waals surface area contributed by atoms with Crippen LogP contribution in [0.4, 0.5) is 0 Å². The Kier molecular flexibility index (Phi) is 4.94. The molecule has 5 nitrogen and oxygen atoms in total. The average molecular weight is 259 g/mol. The Labute approximate surface area is 109 Å². The summed E-state index contributed by atoms with van der Waals surface area (Å²) < 4.78 is 5.18. The van der Waals surface area contributed by atoms with Gasteiger partial charge in [0, 0.05) is 12.6 Å². The maximum absolute atomic E-state index is 11.9. The first-order chi connectivity index (χ1) is 7.85. The average Bonchev–Trinajstić information content (AvgIpc) is 2.15. The summed E-state index contributed by atoms with van der Waals surface area (Å²) in [5, 5.41) is 12.0. The van der Waals surface area contributed by atoms with E-state index in [-0.39, 0.29) is 12.3 Å². The predicted octanol–water partition coefficient (Wildman–Crippen LogP) is 1.81. The van der Waals surface area contributed by atoms with E-state index in [4.69, 9.17) is 4.74 Å². The fourth-order valence-corrected chi connectivity index (χ4v) is 1.28. The van der Waals surface area contributed by atoms with Gasteiger partial charge < -0.3 is 15.2 Å². The van der Waals surface area contributed by atoms with Crippen LogP contribution < -0.4 is 5.32 Å². The molecule has 0 bridgehead atoms. The maximum Gasteiger partial charge on any atom is 0.311 e. The number of amides is 1. The van der Waals surface area contributed by atoms with Gasteiger partial charge >= 0.3 is 5.97 Å². The van der Waals surface area contributed by atoms with E-state index in [0.717, 1.165) is 0 Å². The van der Waals surface area contributed by atoms with E-state index >= 15 is 0 Å². The molecule has 0 aromatic rings. The summed E-state index contributed by atoms with van der Waals surface area (Å²) in [5.41, 5.74) is -2.47. The first-order valence-corrected chi connectivity index (χ1v) is 5.95.